The minimum Gasteiger partial charge on any atom is -0.478 e. The first-order chi connectivity index (χ1) is 10.1. The molecule has 4 heteroatoms. The summed E-state index contributed by atoms with van der Waals surface area (Å²) in [5.74, 6) is -0.870. The second-order valence-corrected chi connectivity index (χ2v) is 6.48. The normalized spacial score (nSPS) is 26.4. The van der Waals surface area contributed by atoms with Crippen LogP contribution in [0.15, 0.2) is 24.3 Å². The number of ether oxygens (including phenoxy) is 1. The van der Waals surface area contributed by atoms with Gasteiger partial charge in [-0.1, -0.05) is 18.6 Å². The van der Waals surface area contributed by atoms with Crippen molar-refractivity contribution in [1.29, 1.82) is 0 Å². The third-order valence-electron chi connectivity index (χ3n) is 5.48. The summed E-state index contributed by atoms with van der Waals surface area (Å²) in [7, 11) is 3.99. The zero-order valence-corrected chi connectivity index (χ0v) is 12.7. The molecule has 0 unspecified atom stereocenters. The summed E-state index contributed by atoms with van der Waals surface area (Å²) in [5, 5.41) is 8.93. The molecule has 0 radical (unpaired) electrons. The fourth-order valence-electron chi connectivity index (χ4n) is 4.07. The zero-order valence-electron chi connectivity index (χ0n) is 12.7. The minimum absolute atomic E-state index is 0.347. The topological polar surface area (TPSA) is 49.8 Å². The molecule has 2 fully saturated rings. The summed E-state index contributed by atoms with van der Waals surface area (Å²) in [6.45, 7) is 0.864. The number of aromatic carboxylic acids is 1. The molecule has 0 bridgehead atoms. The van der Waals surface area contributed by atoms with E-state index in [1.807, 2.05) is 19.2 Å². The highest BCUT2D eigenvalue weighted by molar-refractivity contribution is 5.87. The van der Waals surface area contributed by atoms with Gasteiger partial charge in [0.2, 0.25) is 0 Å². The Morgan fingerprint density at radius 2 is 2.05 bits per heavy atom. The molecule has 4 nitrogen and oxygen atoms in total. The van der Waals surface area contributed by atoms with E-state index in [0.717, 1.165) is 18.5 Å². The fraction of sp³-hybridized carbons (Fsp3) is 0.588. The molecule has 3 rings (SSSR count). The van der Waals surface area contributed by atoms with Crippen molar-refractivity contribution in [3.8, 4) is 0 Å². The van der Waals surface area contributed by atoms with E-state index in [0.29, 0.717) is 23.1 Å². The van der Waals surface area contributed by atoms with Crippen LogP contribution in [0.2, 0.25) is 0 Å². The Morgan fingerprint density at radius 3 is 2.52 bits per heavy atom. The summed E-state index contributed by atoms with van der Waals surface area (Å²) < 4.78 is 5.62. The Kier molecular flexibility index (Phi) is 3.76. The number of nitrogens with zero attached hydrogens (tertiary/aromatic N) is 1. The van der Waals surface area contributed by atoms with Gasteiger partial charge in [0.25, 0.3) is 0 Å². The van der Waals surface area contributed by atoms with Crippen molar-refractivity contribution < 1.29 is 14.6 Å². The van der Waals surface area contributed by atoms with Crippen molar-refractivity contribution in [3.63, 3.8) is 0 Å². The average Bonchev–Trinajstić information content (AvgIpc) is 2.36. The number of methoxy groups -OCH3 is 1. The molecule has 0 heterocycles. The Hall–Kier alpha value is -1.39. The highest BCUT2D eigenvalue weighted by Crippen LogP contribution is 2.58. The molecule has 0 amide bonds. The lowest BCUT2D eigenvalue weighted by Gasteiger charge is -2.63. The van der Waals surface area contributed by atoms with E-state index in [9.17, 15) is 4.79 Å². The average molecular weight is 289 g/mol. The minimum atomic E-state index is -0.870. The smallest absolute Gasteiger partial charge is 0.335 e. The van der Waals surface area contributed by atoms with E-state index in [1.54, 1.807) is 12.1 Å². The van der Waals surface area contributed by atoms with Gasteiger partial charge in [-0.25, -0.2) is 4.79 Å². The number of carbonyl (C=O) groups is 1. The number of rotatable bonds is 5. The predicted octanol–water partition coefficient (Wildman–Crippen LogP) is 2.77. The van der Waals surface area contributed by atoms with Crippen LogP contribution in [0.5, 0.6) is 0 Å². The molecule has 1 aromatic carbocycles. The molecular weight excluding hydrogens is 266 g/mol. The molecule has 1 spiro atoms. The van der Waals surface area contributed by atoms with E-state index in [4.69, 9.17) is 9.84 Å². The summed E-state index contributed by atoms with van der Waals surface area (Å²) in [6, 6.07) is 7.79. The van der Waals surface area contributed by atoms with Crippen LogP contribution >= 0.6 is 0 Å². The van der Waals surface area contributed by atoms with Crippen LogP contribution < -0.4 is 0 Å². The second kappa shape index (κ2) is 5.43. The van der Waals surface area contributed by atoms with Crippen molar-refractivity contribution >= 4 is 5.97 Å². The van der Waals surface area contributed by atoms with E-state index in [1.165, 1.54) is 19.3 Å². The molecule has 114 valence electrons. The lowest BCUT2D eigenvalue weighted by molar-refractivity contribution is -0.192. The first-order valence-corrected chi connectivity index (χ1v) is 7.62. The molecule has 0 aromatic heterocycles. The summed E-state index contributed by atoms with van der Waals surface area (Å²) in [4.78, 5) is 13.3. The molecule has 2 atom stereocenters. The van der Waals surface area contributed by atoms with Crippen LogP contribution in [0.3, 0.4) is 0 Å². The molecule has 2 aliphatic rings. The molecule has 2 saturated carbocycles. The van der Waals surface area contributed by atoms with Gasteiger partial charge in [0.05, 0.1) is 11.7 Å². The van der Waals surface area contributed by atoms with Gasteiger partial charge in [-0.3, -0.25) is 4.90 Å². The third kappa shape index (κ3) is 2.36. The van der Waals surface area contributed by atoms with E-state index in [2.05, 4.69) is 11.9 Å². The van der Waals surface area contributed by atoms with Crippen molar-refractivity contribution in [3.05, 3.63) is 35.4 Å². The van der Waals surface area contributed by atoms with Gasteiger partial charge in [0.1, 0.15) is 0 Å². The van der Waals surface area contributed by atoms with Gasteiger partial charge in [-0.15, -0.1) is 0 Å². The van der Waals surface area contributed by atoms with Crippen LogP contribution in [0.4, 0.5) is 0 Å². The van der Waals surface area contributed by atoms with Crippen molar-refractivity contribution in [2.45, 2.75) is 44.4 Å². The van der Waals surface area contributed by atoms with Crippen LogP contribution in [0.25, 0.3) is 0 Å². The van der Waals surface area contributed by atoms with Crippen LogP contribution in [-0.4, -0.2) is 42.3 Å². The number of carboxylic acids is 1. The SMILES string of the molecule is CO[C@@H]1C[C@H](N(C)Cc2ccc(C(=O)O)cc2)C12CCC2. The molecule has 1 N–H and O–H groups in total. The van der Waals surface area contributed by atoms with Crippen molar-refractivity contribution in [2.75, 3.05) is 14.2 Å². The highest BCUT2D eigenvalue weighted by Gasteiger charge is 2.59. The third-order valence-corrected chi connectivity index (χ3v) is 5.48. The van der Waals surface area contributed by atoms with Gasteiger partial charge in [0.15, 0.2) is 0 Å². The zero-order chi connectivity index (χ0) is 15.0. The van der Waals surface area contributed by atoms with Crippen molar-refractivity contribution in [2.24, 2.45) is 5.41 Å². The maximum atomic E-state index is 10.9. The van der Waals surface area contributed by atoms with Crippen LogP contribution in [0, 0.1) is 5.41 Å². The lowest BCUT2D eigenvalue weighted by Crippen LogP contribution is -2.66. The molecule has 21 heavy (non-hydrogen) atoms. The Labute approximate surface area is 125 Å². The van der Waals surface area contributed by atoms with Gasteiger partial charge in [-0.05, 0) is 44.0 Å². The quantitative estimate of drug-likeness (QED) is 0.905. The van der Waals surface area contributed by atoms with Crippen LogP contribution in [-0.2, 0) is 11.3 Å². The lowest BCUT2D eigenvalue weighted by atomic mass is 9.50. The standard InChI is InChI=1S/C17H23NO3/c1-18(11-12-4-6-13(7-5-12)16(19)20)14-10-15(21-2)17(14)8-3-9-17/h4-7,14-15H,3,8-11H2,1-2H3,(H,19,20)/t14-,15+/m0/s1. The van der Waals surface area contributed by atoms with Gasteiger partial charge in [-0.2, -0.15) is 0 Å². The Bertz CT molecular complexity index is 521. The summed E-state index contributed by atoms with van der Waals surface area (Å²) >= 11 is 0. The van der Waals surface area contributed by atoms with E-state index >= 15 is 0 Å². The summed E-state index contributed by atoms with van der Waals surface area (Å²) in [5.41, 5.74) is 1.89. The number of carboxylic acid groups (broad SMARTS) is 1. The van der Waals surface area contributed by atoms with Crippen molar-refractivity contribution in [1.82, 2.24) is 4.90 Å². The molecular formula is C17H23NO3. The maximum absolute atomic E-state index is 10.9. The summed E-state index contributed by atoms with van der Waals surface area (Å²) in [6.07, 6.45) is 5.40. The number of benzene rings is 1. The fourth-order valence-corrected chi connectivity index (χ4v) is 4.07. The molecule has 0 aliphatic heterocycles. The predicted molar refractivity (Wildman–Crippen MR) is 80.4 cm³/mol. The molecule has 1 aromatic rings. The number of hydrogen-bond acceptors (Lipinski definition) is 3. The first kappa shape index (κ1) is 14.5. The van der Waals surface area contributed by atoms with E-state index in [-0.39, 0.29) is 0 Å². The Morgan fingerprint density at radius 1 is 1.38 bits per heavy atom. The maximum Gasteiger partial charge on any atom is 0.335 e. The number of hydrogen-bond donors (Lipinski definition) is 1. The molecule has 0 saturated heterocycles. The Balaban J connectivity index is 1.64. The van der Waals surface area contributed by atoms with Gasteiger partial charge < -0.3 is 9.84 Å². The van der Waals surface area contributed by atoms with Crippen LogP contribution in [0.1, 0.15) is 41.6 Å². The van der Waals surface area contributed by atoms with Gasteiger partial charge >= 0.3 is 5.97 Å². The largest absolute Gasteiger partial charge is 0.478 e. The van der Waals surface area contributed by atoms with Gasteiger partial charge in [0, 0.05) is 25.1 Å². The second-order valence-electron chi connectivity index (χ2n) is 6.48. The molecule has 2 aliphatic carbocycles. The first-order valence-electron chi connectivity index (χ1n) is 7.62. The van der Waals surface area contributed by atoms with E-state index < -0.39 is 5.97 Å². The highest BCUT2D eigenvalue weighted by atomic mass is 16.5. The monoisotopic (exact) mass is 289 g/mol.